The molecule has 0 aliphatic carbocycles. The lowest BCUT2D eigenvalue weighted by molar-refractivity contribution is -0.384. The average Bonchev–Trinajstić information content (AvgIpc) is 2.44. The Labute approximate surface area is 132 Å². The van der Waals surface area contributed by atoms with Gasteiger partial charge in [-0.25, -0.2) is 4.79 Å². The van der Waals surface area contributed by atoms with Crippen molar-refractivity contribution in [1.82, 2.24) is 4.90 Å². The summed E-state index contributed by atoms with van der Waals surface area (Å²) in [7, 11) is 6.08. The molecule has 0 saturated carbocycles. The van der Waals surface area contributed by atoms with Gasteiger partial charge < -0.3 is 19.6 Å². The fourth-order valence-corrected chi connectivity index (χ4v) is 1.87. The molecule has 0 bridgehead atoms. The van der Waals surface area contributed by atoms with Crippen LogP contribution in [-0.2, 0) is 4.79 Å². The number of methoxy groups -OCH3 is 1. The molecule has 2 N–H and O–H groups in total. The van der Waals surface area contributed by atoms with Gasteiger partial charge in [-0.2, -0.15) is 0 Å². The topological polar surface area (TPSA) is 125 Å². The quantitative estimate of drug-likeness (QED) is 0.594. The number of rotatable bonds is 6. The summed E-state index contributed by atoms with van der Waals surface area (Å²) in [6.45, 7) is 0.0606. The Bertz CT molecular complexity index is 631. The van der Waals surface area contributed by atoms with Crippen LogP contribution >= 0.6 is 0 Å². The van der Waals surface area contributed by atoms with Gasteiger partial charge >= 0.3 is 6.09 Å². The highest BCUT2D eigenvalue weighted by atomic mass is 16.6. The number of hydrogen-bond acceptors (Lipinski definition) is 6. The second-order valence-corrected chi connectivity index (χ2v) is 4.92. The molecular weight excluding hydrogens is 308 g/mol. The zero-order valence-corrected chi connectivity index (χ0v) is 13.2. The van der Waals surface area contributed by atoms with Crippen molar-refractivity contribution in [2.45, 2.75) is 0 Å². The second kappa shape index (κ2) is 7.40. The summed E-state index contributed by atoms with van der Waals surface area (Å²) >= 11 is 0. The van der Waals surface area contributed by atoms with Crippen LogP contribution in [0.3, 0.4) is 0 Å². The molecule has 0 fully saturated rings. The van der Waals surface area contributed by atoms with Crippen molar-refractivity contribution in [3.05, 3.63) is 22.2 Å². The molecule has 0 aliphatic rings. The minimum atomic E-state index is -1.39. The van der Waals surface area contributed by atoms with Crippen LogP contribution in [0.15, 0.2) is 12.1 Å². The van der Waals surface area contributed by atoms with E-state index in [0.29, 0.717) is 0 Å². The van der Waals surface area contributed by atoms with Crippen molar-refractivity contribution >= 4 is 29.1 Å². The Morgan fingerprint density at radius 2 is 1.96 bits per heavy atom. The Balaban J connectivity index is 3.37. The van der Waals surface area contributed by atoms with E-state index in [0.717, 1.165) is 11.0 Å². The summed E-state index contributed by atoms with van der Waals surface area (Å²) in [6.07, 6.45) is -1.39. The minimum absolute atomic E-state index is 0.00892. The van der Waals surface area contributed by atoms with E-state index in [-0.39, 0.29) is 29.6 Å². The Kier molecular flexibility index (Phi) is 5.85. The van der Waals surface area contributed by atoms with Gasteiger partial charge in [-0.1, -0.05) is 0 Å². The Morgan fingerprint density at radius 1 is 1.35 bits per heavy atom. The molecule has 126 valence electrons. The van der Waals surface area contributed by atoms with E-state index in [1.807, 2.05) is 5.32 Å². The third-order valence-electron chi connectivity index (χ3n) is 2.92. The van der Waals surface area contributed by atoms with Crippen LogP contribution in [0.4, 0.5) is 21.9 Å². The molecule has 10 nitrogen and oxygen atoms in total. The third kappa shape index (κ3) is 4.54. The molecule has 10 heteroatoms. The predicted octanol–water partition coefficient (Wildman–Crippen LogP) is 1.22. The zero-order valence-electron chi connectivity index (χ0n) is 13.2. The monoisotopic (exact) mass is 326 g/mol. The molecule has 0 aliphatic heterocycles. The number of carbonyl (C=O) groups is 2. The highest BCUT2D eigenvalue weighted by Gasteiger charge is 2.25. The van der Waals surface area contributed by atoms with E-state index in [1.54, 1.807) is 19.0 Å². The van der Waals surface area contributed by atoms with Crippen molar-refractivity contribution in [2.75, 3.05) is 45.0 Å². The number of nitro benzene ring substituents is 1. The number of nitrogens with zero attached hydrogens (tertiary/aromatic N) is 3. The van der Waals surface area contributed by atoms with Crippen LogP contribution < -0.4 is 15.0 Å². The van der Waals surface area contributed by atoms with E-state index in [2.05, 4.69) is 0 Å². The lowest BCUT2D eigenvalue weighted by atomic mass is 10.2. The van der Waals surface area contributed by atoms with E-state index in [4.69, 9.17) is 9.84 Å². The summed E-state index contributed by atoms with van der Waals surface area (Å²) < 4.78 is 5.04. The molecule has 1 rings (SSSR count). The van der Waals surface area contributed by atoms with Crippen LogP contribution in [0.5, 0.6) is 5.75 Å². The third-order valence-corrected chi connectivity index (χ3v) is 2.92. The summed E-state index contributed by atoms with van der Waals surface area (Å²) in [4.78, 5) is 36.2. The van der Waals surface area contributed by atoms with E-state index in [9.17, 15) is 19.7 Å². The normalized spacial score (nSPS) is 10.3. The number of nitrogens with one attached hydrogen (secondary N) is 1. The van der Waals surface area contributed by atoms with E-state index >= 15 is 0 Å². The first-order chi connectivity index (χ1) is 10.7. The predicted molar refractivity (Wildman–Crippen MR) is 83.3 cm³/mol. The number of carboxylic acid groups (broad SMARTS) is 1. The summed E-state index contributed by atoms with van der Waals surface area (Å²) in [5, 5.41) is 22.0. The van der Waals surface area contributed by atoms with Gasteiger partial charge in [-0.15, -0.1) is 0 Å². The molecule has 0 atom stereocenters. The van der Waals surface area contributed by atoms with E-state index < -0.39 is 16.7 Å². The van der Waals surface area contributed by atoms with Crippen LogP contribution in [0.2, 0.25) is 0 Å². The maximum absolute atomic E-state index is 12.1. The van der Waals surface area contributed by atoms with Gasteiger partial charge in [0.2, 0.25) is 5.91 Å². The van der Waals surface area contributed by atoms with Gasteiger partial charge in [0.1, 0.15) is 11.4 Å². The number of nitro groups is 1. The molecule has 2 amide bonds. The van der Waals surface area contributed by atoms with E-state index in [1.165, 1.54) is 20.2 Å². The fourth-order valence-electron chi connectivity index (χ4n) is 1.87. The minimum Gasteiger partial charge on any atom is -0.494 e. The van der Waals surface area contributed by atoms with Crippen molar-refractivity contribution in [3.8, 4) is 5.75 Å². The number of benzene rings is 1. The molecule has 23 heavy (non-hydrogen) atoms. The number of likely N-dealkylation sites (N-methyl/N-ethyl adjacent to an activating group) is 2. The SMILES string of the molecule is COc1cc(N(C)C(=O)CN(C)C)c([N+](=O)[O-])cc1NC(=O)O. The van der Waals surface area contributed by atoms with Crippen molar-refractivity contribution in [1.29, 1.82) is 0 Å². The molecule has 0 spiro atoms. The molecule has 0 unspecified atom stereocenters. The van der Waals surface area contributed by atoms with Crippen LogP contribution in [0.25, 0.3) is 0 Å². The van der Waals surface area contributed by atoms with Gasteiger partial charge in [0, 0.05) is 19.2 Å². The lowest BCUT2D eigenvalue weighted by Crippen LogP contribution is -2.35. The van der Waals surface area contributed by atoms with Crippen molar-refractivity contribution in [3.63, 3.8) is 0 Å². The molecule has 1 aromatic carbocycles. The van der Waals surface area contributed by atoms with Crippen LogP contribution in [-0.4, -0.2) is 61.7 Å². The highest BCUT2D eigenvalue weighted by Crippen LogP contribution is 2.38. The molecule has 0 aromatic heterocycles. The largest absolute Gasteiger partial charge is 0.494 e. The highest BCUT2D eigenvalue weighted by molar-refractivity contribution is 5.98. The Morgan fingerprint density at radius 3 is 2.39 bits per heavy atom. The first-order valence-corrected chi connectivity index (χ1v) is 6.45. The van der Waals surface area contributed by atoms with Gasteiger partial charge in [0.05, 0.1) is 24.3 Å². The zero-order chi connectivity index (χ0) is 17.7. The molecule has 1 aromatic rings. The first kappa shape index (κ1) is 18.2. The number of carbonyl (C=O) groups excluding carboxylic acids is 1. The summed E-state index contributed by atoms with van der Waals surface area (Å²) in [5.74, 6) is -0.295. The molecule has 0 saturated heterocycles. The van der Waals surface area contributed by atoms with Gasteiger partial charge in [0.15, 0.2) is 0 Å². The van der Waals surface area contributed by atoms with Gasteiger partial charge in [-0.3, -0.25) is 20.2 Å². The Hall–Kier alpha value is -2.88. The van der Waals surface area contributed by atoms with Crippen LogP contribution in [0.1, 0.15) is 0 Å². The number of ether oxygens (including phenoxy) is 1. The van der Waals surface area contributed by atoms with Gasteiger partial charge in [-0.05, 0) is 14.1 Å². The molecule has 0 radical (unpaired) electrons. The smallest absolute Gasteiger partial charge is 0.409 e. The number of amides is 2. The first-order valence-electron chi connectivity index (χ1n) is 6.45. The van der Waals surface area contributed by atoms with Crippen molar-refractivity contribution < 1.29 is 24.4 Å². The summed E-state index contributed by atoms with van der Waals surface area (Å²) in [6, 6.07) is 2.26. The molecule has 0 heterocycles. The number of anilines is 2. The van der Waals surface area contributed by atoms with Gasteiger partial charge in [0.25, 0.3) is 5.69 Å². The summed E-state index contributed by atoms with van der Waals surface area (Å²) in [5.41, 5.74) is -0.484. The van der Waals surface area contributed by atoms with Crippen LogP contribution in [0, 0.1) is 10.1 Å². The fraction of sp³-hybridized carbons (Fsp3) is 0.385. The second-order valence-electron chi connectivity index (χ2n) is 4.92. The average molecular weight is 326 g/mol. The van der Waals surface area contributed by atoms with Crippen molar-refractivity contribution in [2.24, 2.45) is 0 Å². The maximum Gasteiger partial charge on any atom is 0.409 e. The standard InChI is InChI=1S/C13H18N4O6/c1-15(2)7-12(18)16(3)9-6-11(23-4)8(14-13(19)20)5-10(9)17(21)22/h5-6,14H,7H2,1-4H3,(H,19,20). The molecular formula is C13H18N4O6. The maximum atomic E-state index is 12.1. The number of hydrogen-bond donors (Lipinski definition) is 2. The lowest BCUT2D eigenvalue weighted by Gasteiger charge is -2.21.